The molecule has 5 aromatic carbocycles. The molecule has 194 valence electrons. The van der Waals surface area contributed by atoms with Crippen LogP contribution in [0.1, 0.15) is 11.1 Å². The number of benzene rings is 5. The summed E-state index contributed by atoms with van der Waals surface area (Å²) in [6, 6.07) is 42.4. The number of rotatable bonds is 8. The summed E-state index contributed by atoms with van der Waals surface area (Å²) in [7, 11) is 0. The van der Waals surface area contributed by atoms with Crippen LogP contribution in [0.2, 0.25) is 0 Å². The van der Waals surface area contributed by atoms with E-state index in [2.05, 4.69) is 72.8 Å². The summed E-state index contributed by atoms with van der Waals surface area (Å²) < 4.78 is 5.29. The van der Waals surface area contributed by atoms with Crippen molar-refractivity contribution >= 4 is 17.2 Å². The molecule has 0 heterocycles. The first-order chi connectivity index (χ1) is 19.6. The number of nitro benzene ring substituents is 1. The molecule has 5 aromatic rings. The van der Waals surface area contributed by atoms with E-state index in [9.17, 15) is 14.9 Å². The largest absolute Gasteiger partial charge is 0.423 e. The summed E-state index contributed by atoms with van der Waals surface area (Å²) in [5, 5.41) is 10.8. The molecular weight excluding hydrogens is 498 g/mol. The molecular formula is C35H25NO4. The lowest BCUT2D eigenvalue weighted by molar-refractivity contribution is -0.384. The lowest BCUT2D eigenvalue weighted by Crippen LogP contribution is -2.03. The van der Waals surface area contributed by atoms with Gasteiger partial charge in [0.25, 0.3) is 5.69 Å². The van der Waals surface area contributed by atoms with Gasteiger partial charge in [-0.15, -0.1) is 0 Å². The van der Waals surface area contributed by atoms with Crippen LogP contribution in [0, 0.1) is 10.1 Å². The normalized spacial score (nSPS) is 10.7. The zero-order chi connectivity index (χ0) is 27.7. The number of esters is 1. The molecule has 0 aliphatic rings. The van der Waals surface area contributed by atoms with Gasteiger partial charge in [-0.2, -0.15) is 0 Å². The first-order valence-corrected chi connectivity index (χ1v) is 12.7. The smallest absolute Gasteiger partial charge is 0.336 e. The minimum absolute atomic E-state index is 0.0699. The quantitative estimate of drug-likeness (QED) is 0.0510. The van der Waals surface area contributed by atoms with Gasteiger partial charge in [0.05, 0.1) is 4.92 Å². The van der Waals surface area contributed by atoms with Crippen LogP contribution >= 0.6 is 0 Å². The van der Waals surface area contributed by atoms with Crippen LogP contribution in [0.15, 0.2) is 152 Å². The number of hydrogen-bond donors (Lipinski definition) is 0. The zero-order valence-corrected chi connectivity index (χ0v) is 21.5. The zero-order valence-electron chi connectivity index (χ0n) is 21.5. The lowest BCUT2D eigenvalue weighted by atomic mass is 9.94. The van der Waals surface area contributed by atoms with E-state index in [0.717, 1.165) is 39.0 Å². The molecule has 0 amide bonds. The van der Waals surface area contributed by atoms with Gasteiger partial charge in [0.15, 0.2) is 0 Å². The fraction of sp³-hybridized carbons (Fsp3) is 0. The topological polar surface area (TPSA) is 69.4 Å². The molecule has 0 spiro atoms. The Morgan fingerprint density at radius 1 is 0.600 bits per heavy atom. The Morgan fingerprint density at radius 3 is 1.50 bits per heavy atom. The van der Waals surface area contributed by atoms with Crippen LogP contribution in [0.4, 0.5) is 5.69 Å². The third-order valence-electron chi connectivity index (χ3n) is 6.37. The van der Waals surface area contributed by atoms with Crippen LogP contribution in [-0.4, -0.2) is 10.9 Å². The second-order valence-corrected chi connectivity index (χ2v) is 9.00. The Bertz CT molecular complexity index is 1570. The van der Waals surface area contributed by atoms with Gasteiger partial charge in [0, 0.05) is 18.2 Å². The molecule has 5 heteroatoms. The van der Waals surface area contributed by atoms with E-state index >= 15 is 0 Å². The highest BCUT2D eigenvalue weighted by Crippen LogP contribution is 2.29. The van der Waals surface area contributed by atoms with E-state index in [-0.39, 0.29) is 11.4 Å². The summed E-state index contributed by atoms with van der Waals surface area (Å²) in [6.45, 7) is 0. The SMILES string of the molecule is O=C(C=CC=C(c1ccc(-c2ccccc2)cc1)c1ccc(-c2ccccc2)cc1)Oc1ccc([N+](=O)[O-])cc1. The molecule has 40 heavy (non-hydrogen) atoms. The van der Waals surface area contributed by atoms with Gasteiger partial charge < -0.3 is 4.74 Å². The van der Waals surface area contributed by atoms with Gasteiger partial charge >= 0.3 is 5.97 Å². The molecule has 0 bridgehead atoms. The Hall–Kier alpha value is -5.55. The van der Waals surface area contributed by atoms with Crippen molar-refractivity contribution in [2.75, 3.05) is 0 Å². The van der Waals surface area contributed by atoms with E-state index < -0.39 is 10.9 Å². The lowest BCUT2D eigenvalue weighted by Gasteiger charge is -2.11. The number of non-ortho nitro benzene ring substituents is 1. The van der Waals surface area contributed by atoms with Crippen LogP contribution in [-0.2, 0) is 4.79 Å². The molecule has 5 rings (SSSR count). The van der Waals surface area contributed by atoms with Crippen molar-refractivity contribution in [2.24, 2.45) is 0 Å². The number of allylic oxidation sites excluding steroid dienone is 2. The number of nitro groups is 1. The van der Waals surface area contributed by atoms with Gasteiger partial charge in [-0.3, -0.25) is 10.1 Å². The molecule has 5 nitrogen and oxygen atoms in total. The van der Waals surface area contributed by atoms with Crippen molar-refractivity contribution in [3.05, 3.63) is 173 Å². The van der Waals surface area contributed by atoms with Crippen LogP contribution in [0.5, 0.6) is 5.75 Å². The summed E-state index contributed by atoms with van der Waals surface area (Å²) in [6.07, 6.45) is 4.86. The van der Waals surface area contributed by atoms with E-state index in [1.165, 1.54) is 30.3 Å². The molecule has 0 aromatic heterocycles. The molecule has 0 N–H and O–H groups in total. The number of carbonyl (C=O) groups excluding carboxylic acids is 1. The molecule has 0 saturated heterocycles. The van der Waals surface area contributed by atoms with E-state index in [1.54, 1.807) is 6.08 Å². The fourth-order valence-corrected chi connectivity index (χ4v) is 4.31. The molecule has 0 aliphatic heterocycles. The van der Waals surface area contributed by atoms with Gasteiger partial charge in [-0.25, -0.2) is 4.79 Å². The number of ether oxygens (including phenoxy) is 1. The molecule has 0 atom stereocenters. The number of nitrogens with zero attached hydrogens (tertiary/aromatic N) is 1. The maximum atomic E-state index is 12.4. The standard InChI is InChI=1S/C35H25NO4/c37-35(40-33-24-22-32(23-25-33)36(38)39)13-7-12-34(30-18-14-28(15-19-30)26-8-3-1-4-9-26)31-20-16-29(17-21-31)27-10-5-2-6-11-27/h1-25H. The summed E-state index contributed by atoms with van der Waals surface area (Å²) >= 11 is 0. The minimum atomic E-state index is -0.580. The van der Waals surface area contributed by atoms with Crippen LogP contribution < -0.4 is 4.74 Å². The Kier molecular flexibility index (Phi) is 8.04. The number of carbonyl (C=O) groups is 1. The monoisotopic (exact) mass is 523 g/mol. The van der Waals surface area contributed by atoms with Gasteiger partial charge in [-0.1, -0.05) is 121 Å². The molecule has 0 radical (unpaired) electrons. The predicted octanol–water partition coefficient (Wildman–Crippen LogP) is 8.52. The maximum absolute atomic E-state index is 12.4. The second kappa shape index (κ2) is 12.3. The van der Waals surface area contributed by atoms with Gasteiger partial charge in [0.1, 0.15) is 5.75 Å². The van der Waals surface area contributed by atoms with E-state index in [4.69, 9.17) is 4.74 Å². The molecule has 0 saturated carbocycles. The maximum Gasteiger partial charge on any atom is 0.336 e. The minimum Gasteiger partial charge on any atom is -0.423 e. The van der Waals surface area contributed by atoms with E-state index in [0.29, 0.717) is 0 Å². The Balaban J connectivity index is 1.41. The first-order valence-electron chi connectivity index (χ1n) is 12.7. The van der Waals surface area contributed by atoms with Gasteiger partial charge in [0.2, 0.25) is 0 Å². The summed E-state index contributed by atoms with van der Waals surface area (Å²) in [5.41, 5.74) is 7.39. The van der Waals surface area contributed by atoms with E-state index in [1.807, 2.05) is 42.5 Å². The average Bonchev–Trinajstić information content (AvgIpc) is 3.01. The molecule has 0 aliphatic carbocycles. The van der Waals surface area contributed by atoms with Crippen molar-refractivity contribution < 1.29 is 14.5 Å². The van der Waals surface area contributed by atoms with Crippen molar-refractivity contribution in [1.82, 2.24) is 0 Å². The van der Waals surface area contributed by atoms with Crippen molar-refractivity contribution in [2.45, 2.75) is 0 Å². The Labute approximate surface area is 232 Å². The predicted molar refractivity (Wildman–Crippen MR) is 159 cm³/mol. The van der Waals surface area contributed by atoms with Crippen LogP contribution in [0.3, 0.4) is 0 Å². The van der Waals surface area contributed by atoms with Crippen LogP contribution in [0.25, 0.3) is 27.8 Å². The Morgan fingerprint density at radius 2 is 1.05 bits per heavy atom. The highest BCUT2D eigenvalue weighted by atomic mass is 16.6. The summed E-state index contributed by atoms with van der Waals surface area (Å²) in [4.78, 5) is 22.7. The highest BCUT2D eigenvalue weighted by molar-refractivity contribution is 5.87. The highest BCUT2D eigenvalue weighted by Gasteiger charge is 2.08. The van der Waals surface area contributed by atoms with Crippen molar-refractivity contribution in [3.8, 4) is 28.0 Å². The third kappa shape index (κ3) is 6.47. The second-order valence-electron chi connectivity index (χ2n) is 9.00. The number of hydrogen-bond acceptors (Lipinski definition) is 4. The summed E-state index contributed by atoms with van der Waals surface area (Å²) in [5.74, 6) is -0.347. The first kappa shape index (κ1) is 26.1. The van der Waals surface area contributed by atoms with Crippen molar-refractivity contribution in [3.63, 3.8) is 0 Å². The fourth-order valence-electron chi connectivity index (χ4n) is 4.31. The third-order valence-corrected chi connectivity index (χ3v) is 6.37. The van der Waals surface area contributed by atoms with Gasteiger partial charge in [-0.05, 0) is 51.1 Å². The molecule has 0 fully saturated rings. The van der Waals surface area contributed by atoms with Crippen molar-refractivity contribution in [1.29, 1.82) is 0 Å². The average molecular weight is 524 g/mol. The molecule has 0 unspecified atom stereocenters.